The van der Waals surface area contributed by atoms with Crippen LogP contribution in [0.15, 0.2) is 48.5 Å². The van der Waals surface area contributed by atoms with Crippen molar-refractivity contribution in [3.63, 3.8) is 0 Å². The number of ether oxygens (including phenoxy) is 1. The normalized spacial score (nSPS) is 14.2. The Balaban J connectivity index is 1.45. The fourth-order valence-electron chi connectivity index (χ4n) is 3.40. The topological polar surface area (TPSA) is 76.4 Å². The number of nitrogens with zero attached hydrogens (tertiary/aromatic N) is 6. The second kappa shape index (κ2) is 7.67. The number of tetrazole rings is 1. The van der Waals surface area contributed by atoms with Gasteiger partial charge >= 0.3 is 0 Å². The lowest BCUT2D eigenvalue weighted by Crippen LogP contribution is -2.48. The van der Waals surface area contributed by atoms with Crippen LogP contribution in [0, 0.1) is 6.92 Å². The Hall–Kier alpha value is -3.42. The number of methoxy groups -OCH3 is 1. The van der Waals surface area contributed by atoms with Crippen LogP contribution in [0.2, 0.25) is 0 Å². The van der Waals surface area contributed by atoms with Gasteiger partial charge in [0.05, 0.1) is 12.8 Å². The molecule has 3 aromatic rings. The Bertz CT molecular complexity index is 978. The summed E-state index contributed by atoms with van der Waals surface area (Å²) < 4.78 is 6.93. The number of benzene rings is 2. The summed E-state index contributed by atoms with van der Waals surface area (Å²) in [5.74, 6) is 1.54. The van der Waals surface area contributed by atoms with Gasteiger partial charge in [0.15, 0.2) is 5.82 Å². The molecule has 1 aliphatic rings. The molecule has 0 atom stereocenters. The molecular formula is C20H22N6O2. The molecule has 28 heavy (non-hydrogen) atoms. The van der Waals surface area contributed by atoms with Gasteiger partial charge in [-0.2, -0.15) is 4.68 Å². The zero-order valence-corrected chi connectivity index (χ0v) is 15.9. The molecule has 0 saturated carbocycles. The fraction of sp³-hybridized carbons (Fsp3) is 0.300. The third kappa shape index (κ3) is 3.53. The van der Waals surface area contributed by atoms with Crippen LogP contribution in [0.4, 0.5) is 5.69 Å². The predicted octanol–water partition coefficient (Wildman–Crippen LogP) is 1.94. The smallest absolute Gasteiger partial charge is 0.254 e. The lowest BCUT2D eigenvalue weighted by Gasteiger charge is -2.36. The standard InChI is InChI=1S/C20H22N6O2/c1-15-21-22-23-26(15)18-7-3-5-16(13-18)20(27)25-11-9-24(10-12-25)17-6-4-8-19(14-17)28-2/h3-8,13-14H,9-12H2,1-2H3. The van der Waals surface area contributed by atoms with Crippen LogP contribution in [0.1, 0.15) is 16.2 Å². The second-order valence-electron chi connectivity index (χ2n) is 6.67. The van der Waals surface area contributed by atoms with E-state index in [1.807, 2.05) is 54.3 Å². The zero-order chi connectivity index (χ0) is 19.5. The highest BCUT2D eigenvalue weighted by molar-refractivity contribution is 5.95. The first-order chi connectivity index (χ1) is 13.7. The highest BCUT2D eigenvalue weighted by Gasteiger charge is 2.23. The molecular weight excluding hydrogens is 356 g/mol. The fourth-order valence-corrected chi connectivity index (χ4v) is 3.40. The average molecular weight is 378 g/mol. The number of carbonyl (C=O) groups is 1. The highest BCUT2D eigenvalue weighted by Crippen LogP contribution is 2.22. The van der Waals surface area contributed by atoms with Crippen molar-refractivity contribution in [1.29, 1.82) is 0 Å². The average Bonchev–Trinajstić information content (AvgIpc) is 3.19. The first kappa shape index (κ1) is 18.0. The van der Waals surface area contributed by atoms with E-state index in [1.54, 1.807) is 11.8 Å². The molecule has 144 valence electrons. The van der Waals surface area contributed by atoms with Gasteiger partial charge in [-0.05, 0) is 47.7 Å². The summed E-state index contributed by atoms with van der Waals surface area (Å²) in [5.41, 5.74) is 2.54. The van der Waals surface area contributed by atoms with Crippen LogP contribution >= 0.6 is 0 Å². The molecule has 8 nitrogen and oxygen atoms in total. The number of hydrogen-bond donors (Lipinski definition) is 0. The molecule has 0 unspecified atom stereocenters. The van der Waals surface area contributed by atoms with Crippen molar-refractivity contribution >= 4 is 11.6 Å². The van der Waals surface area contributed by atoms with Crippen molar-refractivity contribution in [2.45, 2.75) is 6.92 Å². The molecule has 0 bridgehead atoms. The molecule has 4 rings (SSSR count). The van der Waals surface area contributed by atoms with E-state index in [0.717, 1.165) is 30.2 Å². The number of anilines is 1. The number of amides is 1. The van der Waals surface area contributed by atoms with Gasteiger partial charge in [0.1, 0.15) is 5.75 Å². The third-order valence-electron chi connectivity index (χ3n) is 4.95. The lowest BCUT2D eigenvalue weighted by molar-refractivity contribution is 0.0746. The van der Waals surface area contributed by atoms with Crippen LogP contribution in [0.25, 0.3) is 5.69 Å². The summed E-state index contributed by atoms with van der Waals surface area (Å²) in [6.45, 7) is 4.73. The van der Waals surface area contributed by atoms with E-state index in [1.165, 1.54) is 0 Å². The minimum absolute atomic E-state index is 0.0258. The van der Waals surface area contributed by atoms with E-state index in [-0.39, 0.29) is 5.91 Å². The molecule has 8 heteroatoms. The molecule has 1 saturated heterocycles. The van der Waals surface area contributed by atoms with Gasteiger partial charge < -0.3 is 14.5 Å². The van der Waals surface area contributed by atoms with Crippen LogP contribution in [0.5, 0.6) is 5.75 Å². The molecule has 1 fully saturated rings. The second-order valence-corrected chi connectivity index (χ2v) is 6.67. The van der Waals surface area contributed by atoms with Crippen molar-refractivity contribution in [2.24, 2.45) is 0 Å². The molecule has 1 aliphatic heterocycles. The van der Waals surface area contributed by atoms with Crippen LogP contribution < -0.4 is 9.64 Å². The summed E-state index contributed by atoms with van der Waals surface area (Å²) in [7, 11) is 1.67. The number of carbonyl (C=O) groups excluding carboxylic acids is 1. The molecule has 2 aromatic carbocycles. The van der Waals surface area contributed by atoms with E-state index in [0.29, 0.717) is 24.5 Å². The summed E-state index contributed by atoms with van der Waals surface area (Å²) in [4.78, 5) is 17.1. The van der Waals surface area contributed by atoms with Crippen LogP contribution in [-0.2, 0) is 0 Å². The molecule has 0 spiro atoms. The van der Waals surface area contributed by atoms with Gasteiger partial charge in [-0.15, -0.1) is 5.10 Å². The van der Waals surface area contributed by atoms with E-state index < -0.39 is 0 Å². The lowest BCUT2D eigenvalue weighted by atomic mass is 10.1. The Morgan fingerprint density at radius 2 is 1.75 bits per heavy atom. The number of aromatic nitrogens is 4. The summed E-state index contributed by atoms with van der Waals surface area (Å²) in [6.07, 6.45) is 0. The first-order valence-electron chi connectivity index (χ1n) is 9.19. The minimum Gasteiger partial charge on any atom is -0.497 e. The Morgan fingerprint density at radius 1 is 1.00 bits per heavy atom. The molecule has 1 aromatic heterocycles. The van der Waals surface area contributed by atoms with E-state index in [9.17, 15) is 4.79 Å². The van der Waals surface area contributed by atoms with Crippen molar-refractivity contribution < 1.29 is 9.53 Å². The summed E-state index contributed by atoms with van der Waals surface area (Å²) in [6, 6.07) is 15.4. The molecule has 0 radical (unpaired) electrons. The van der Waals surface area contributed by atoms with Gasteiger partial charge in [0.25, 0.3) is 5.91 Å². The van der Waals surface area contributed by atoms with Gasteiger partial charge in [-0.1, -0.05) is 12.1 Å². The van der Waals surface area contributed by atoms with Crippen LogP contribution in [-0.4, -0.2) is 64.3 Å². The quantitative estimate of drug-likeness (QED) is 0.691. The maximum Gasteiger partial charge on any atom is 0.254 e. The van der Waals surface area contributed by atoms with E-state index in [4.69, 9.17) is 4.74 Å². The molecule has 0 aliphatic carbocycles. The summed E-state index contributed by atoms with van der Waals surface area (Å²) >= 11 is 0. The Labute approximate surface area is 163 Å². The Kier molecular flexibility index (Phi) is 4.92. The van der Waals surface area contributed by atoms with Crippen LogP contribution in [0.3, 0.4) is 0 Å². The maximum atomic E-state index is 13.0. The number of rotatable bonds is 4. The predicted molar refractivity (Wildman–Crippen MR) is 105 cm³/mol. The maximum absolute atomic E-state index is 13.0. The summed E-state index contributed by atoms with van der Waals surface area (Å²) in [5, 5.41) is 11.5. The van der Waals surface area contributed by atoms with Crippen molar-refractivity contribution in [2.75, 3.05) is 38.2 Å². The highest BCUT2D eigenvalue weighted by atomic mass is 16.5. The minimum atomic E-state index is 0.0258. The Morgan fingerprint density at radius 3 is 2.46 bits per heavy atom. The van der Waals surface area contributed by atoms with Crippen molar-refractivity contribution in [3.05, 3.63) is 59.9 Å². The molecule has 1 amide bonds. The van der Waals surface area contributed by atoms with Gasteiger partial charge in [-0.3, -0.25) is 4.79 Å². The molecule has 0 N–H and O–H groups in total. The first-order valence-corrected chi connectivity index (χ1v) is 9.19. The monoisotopic (exact) mass is 378 g/mol. The van der Waals surface area contributed by atoms with E-state index >= 15 is 0 Å². The zero-order valence-electron chi connectivity index (χ0n) is 15.9. The SMILES string of the molecule is COc1cccc(N2CCN(C(=O)c3cccc(-n4nnnc4C)c3)CC2)c1. The van der Waals surface area contributed by atoms with Gasteiger partial charge in [0, 0.05) is 43.5 Å². The van der Waals surface area contributed by atoms with Crippen molar-refractivity contribution in [3.8, 4) is 11.4 Å². The van der Waals surface area contributed by atoms with Gasteiger partial charge in [0.2, 0.25) is 0 Å². The number of aryl methyl sites for hydroxylation is 1. The molecule has 2 heterocycles. The van der Waals surface area contributed by atoms with Crippen molar-refractivity contribution in [1.82, 2.24) is 25.1 Å². The third-order valence-corrected chi connectivity index (χ3v) is 4.95. The largest absolute Gasteiger partial charge is 0.497 e. The number of piperazine rings is 1. The van der Waals surface area contributed by atoms with E-state index in [2.05, 4.69) is 26.5 Å². The van der Waals surface area contributed by atoms with Gasteiger partial charge in [-0.25, -0.2) is 0 Å². The number of hydrogen-bond acceptors (Lipinski definition) is 6.